The third-order valence-corrected chi connectivity index (χ3v) is 5.39. The summed E-state index contributed by atoms with van der Waals surface area (Å²) in [5.41, 5.74) is 2.59. The predicted octanol–water partition coefficient (Wildman–Crippen LogP) is 4.67. The zero-order valence-electron chi connectivity index (χ0n) is 12.2. The Balaban J connectivity index is 1.72. The van der Waals surface area contributed by atoms with E-state index in [-0.39, 0.29) is 6.10 Å². The van der Waals surface area contributed by atoms with Crippen LogP contribution in [-0.2, 0) is 0 Å². The van der Waals surface area contributed by atoms with Crippen LogP contribution in [0.25, 0.3) is 0 Å². The molecule has 1 heteroatoms. The van der Waals surface area contributed by atoms with E-state index in [1.54, 1.807) is 0 Å². The molecule has 0 aliphatic heterocycles. The summed E-state index contributed by atoms with van der Waals surface area (Å²) in [6.07, 6.45) is 6.03. The molecule has 0 radical (unpaired) electrons. The van der Waals surface area contributed by atoms with Crippen LogP contribution in [0.1, 0.15) is 69.1 Å². The molecule has 3 rings (SSSR count). The number of benzene rings is 1. The van der Waals surface area contributed by atoms with E-state index < -0.39 is 0 Å². The van der Waals surface area contributed by atoms with E-state index in [4.69, 9.17) is 0 Å². The van der Waals surface area contributed by atoms with E-state index in [0.717, 1.165) is 23.3 Å². The third kappa shape index (κ3) is 2.86. The lowest BCUT2D eigenvalue weighted by Gasteiger charge is -2.35. The molecule has 19 heavy (non-hydrogen) atoms. The van der Waals surface area contributed by atoms with Gasteiger partial charge >= 0.3 is 0 Å². The van der Waals surface area contributed by atoms with Crippen molar-refractivity contribution in [1.82, 2.24) is 0 Å². The molecule has 104 valence electrons. The standard InChI is InChI=1S/C18H26O/c1-12-6-7-17(10-13(12)2)18(19)16-5-3-4-15(11-16)14-8-9-14/h3-5,11-14,17-19H,6-10H2,1-2H3. The van der Waals surface area contributed by atoms with Crippen LogP contribution in [0.5, 0.6) is 0 Å². The van der Waals surface area contributed by atoms with Gasteiger partial charge in [-0.05, 0) is 60.5 Å². The van der Waals surface area contributed by atoms with Crippen LogP contribution in [0.15, 0.2) is 24.3 Å². The summed E-state index contributed by atoms with van der Waals surface area (Å²) >= 11 is 0. The van der Waals surface area contributed by atoms with E-state index in [0.29, 0.717) is 5.92 Å². The number of aliphatic hydroxyl groups is 1. The van der Waals surface area contributed by atoms with Crippen LogP contribution < -0.4 is 0 Å². The highest BCUT2D eigenvalue weighted by Gasteiger charge is 2.30. The summed E-state index contributed by atoms with van der Waals surface area (Å²) in [6.45, 7) is 4.69. The summed E-state index contributed by atoms with van der Waals surface area (Å²) in [7, 11) is 0. The van der Waals surface area contributed by atoms with Crippen molar-refractivity contribution in [3.8, 4) is 0 Å². The van der Waals surface area contributed by atoms with Gasteiger partial charge in [-0.25, -0.2) is 0 Å². The molecule has 4 atom stereocenters. The maximum atomic E-state index is 10.7. The molecular weight excluding hydrogens is 232 g/mol. The van der Waals surface area contributed by atoms with Gasteiger partial charge < -0.3 is 5.11 Å². The Morgan fingerprint density at radius 3 is 2.53 bits per heavy atom. The van der Waals surface area contributed by atoms with Gasteiger partial charge in [0.1, 0.15) is 0 Å². The van der Waals surface area contributed by atoms with Crippen LogP contribution in [0.3, 0.4) is 0 Å². The number of rotatable bonds is 3. The molecule has 4 unspecified atom stereocenters. The molecule has 0 saturated heterocycles. The van der Waals surface area contributed by atoms with Crippen molar-refractivity contribution in [1.29, 1.82) is 0 Å². The Hall–Kier alpha value is -0.820. The minimum Gasteiger partial charge on any atom is -0.388 e. The highest BCUT2D eigenvalue weighted by atomic mass is 16.3. The second-order valence-electron chi connectivity index (χ2n) is 6.92. The molecule has 0 bridgehead atoms. The van der Waals surface area contributed by atoms with Gasteiger partial charge in [-0.15, -0.1) is 0 Å². The van der Waals surface area contributed by atoms with E-state index >= 15 is 0 Å². The monoisotopic (exact) mass is 258 g/mol. The van der Waals surface area contributed by atoms with Gasteiger partial charge in [0.25, 0.3) is 0 Å². The van der Waals surface area contributed by atoms with E-state index in [2.05, 4.69) is 38.1 Å². The molecule has 0 aromatic heterocycles. The van der Waals surface area contributed by atoms with E-state index in [1.807, 2.05) is 0 Å². The normalized spacial score (nSPS) is 33.1. The second-order valence-corrected chi connectivity index (χ2v) is 6.92. The first-order valence-corrected chi connectivity index (χ1v) is 7.93. The highest BCUT2D eigenvalue weighted by Crippen LogP contribution is 2.43. The van der Waals surface area contributed by atoms with Crippen LogP contribution >= 0.6 is 0 Å². The molecule has 1 N–H and O–H groups in total. The molecule has 2 aliphatic rings. The molecule has 2 saturated carbocycles. The van der Waals surface area contributed by atoms with Gasteiger partial charge in [0.2, 0.25) is 0 Å². The molecule has 1 aromatic carbocycles. The number of aliphatic hydroxyl groups excluding tert-OH is 1. The van der Waals surface area contributed by atoms with Crippen LogP contribution in [0.2, 0.25) is 0 Å². The first-order chi connectivity index (χ1) is 9.15. The zero-order valence-corrected chi connectivity index (χ0v) is 12.2. The fraction of sp³-hybridized carbons (Fsp3) is 0.667. The maximum absolute atomic E-state index is 10.7. The zero-order chi connectivity index (χ0) is 13.4. The molecule has 0 heterocycles. The molecule has 2 fully saturated rings. The maximum Gasteiger partial charge on any atom is 0.0818 e. The van der Waals surface area contributed by atoms with Crippen molar-refractivity contribution in [2.45, 2.75) is 58.0 Å². The smallest absolute Gasteiger partial charge is 0.0818 e. The molecule has 1 aromatic rings. The summed E-state index contributed by atoms with van der Waals surface area (Å²) in [5, 5.41) is 10.7. The minimum atomic E-state index is -0.256. The fourth-order valence-electron chi connectivity index (χ4n) is 3.56. The Morgan fingerprint density at radius 1 is 1.05 bits per heavy atom. The SMILES string of the molecule is CC1CCC(C(O)c2cccc(C3CC3)c2)CC1C. The summed E-state index contributed by atoms with van der Waals surface area (Å²) < 4.78 is 0. The van der Waals surface area contributed by atoms with Crippen molar-refractivity contribution in [2.24, 2.45) is 17.8 Å². The summed E-state index contributed by atoms with van der Waals surface area (Å²) in [4.78, 5) is 0. The quantitative estimate of drug-likeness (QED) is 0.835. The van der Waals surface area contributed by atoms with Crippen LogP contribution in [0.4, 0.5) is 0 Å². The number of hydrogen-bond acceptors (Lipinski definition) is 1. The van der Waals surface area contributed by atoms with Gasteiger partial charge in [0, 0.05) is 0 Å². The van der Waals surface area contributed by atoms with Crippen molar-refractivity contribution in [2.75, 3.05) is 0 Å². The second kappa shape index (κ2) is 5.28. The Morgan fingerprint density at radius 2 is 1.84 bits per heavy atom. The Bertz CT molecular complexity index is 435. The average Bonchev–Trinajstić information content (AvgIpc) is 3.26. The lowest BCUT2D eigenvalue weighted by Crippen LogP contribution is -2.25. The number of hydrogen-bond donors (Lipinski definition) is 1. The van der Waals surface area contributed by atoms with E-state index in [9.17, 15) is 5.11 Å². The van der Waals surface area contributed by atoms with Crippen molar-refractivity contribution >= 4 is 0 Å². The molecule has 0 spiro atoms. The topological polar surface area (TPSA) is 20.2 Å². The molecule has 1 nitrogen and oxygen atoms in total. The van der Waals surface area contributed by atoms with Crippen molar-refractivity contribution in [3.63, 3.8) is 0 Å². The van der Waals surface area contributed by atoms with Crippen molar-refractivity contribution in [3.05, 3.63) is 35.4 Å². The Labute approximate surface area is 117 Å². The van der Waals surface area contributed by atoms with Gasteiger partial charge in [-0.2, -0.15) is 0 Å². The minimum absolute atomic E-state index is 0.256. The molecular formula is C18H26O. The van der Waals surface area contributed by atoms with Gasteiger partial charge in [0.05, 0.1) is 6.10 Å². The van der Waals surface area contributed by atoms with E-state index in [1.165, 1.54) is 37.7 Å². The lowest BCUT2D eigenvalue weighted by molar-refractivity contribution is 0.0560. The molecule has 2 aliphatic carbocycles. The third-order valence-electron chi connectivity index (χ3n) is 5.39. The largest absolute Gasteiger partial charge is 0.388 e. The fourth-order valence-corrected chi connectivity index (χ4v) is 3.56. The first-order valence-electron chi connectivity index (χ1n) is 7.93. The molecule has 0 amide bonds. The lowest BCUT2D eigenvalue weighted by atomic mass is 9.73. The van der Waals surface area contributed by atoms with Gasteiger partial charge in [-0.1, -0.05) is 44.5 Å². The highest BCUT2D eigenvalue weighted by molar-refractivity contribution is 5.30. The Kier molecular flexibility index (Phi) is 3.66. The van der Waals surface area contributed by atoms with Crippen LogP contribution in [0, 0.1) is 17.8 Å². The summed E-state index contributed by atoms with van der Waals surface area (Å²) in [5.74, 6) is 2.80. The average molecular weight is 258 g/mol. The van der Waals surface area contributed by atoms with Crippen LogP contribution in [-0.4, -0.2) is 5.11 Å². The predicted molar refractivity (Wildman–Crippen MR) is 79.0 cm³/mol. The first kappa shape index (κ1) is 13.2. The van der Waals surface area contributed by atoms with Crippen molar-refractivity contribution < 1.29 is 5.11 Å². The van der Waals surface area contributed by atoms with Gasteiger partial charge in [0.15, 0.2) is 0 Å². The van der Waals surface area contributed by atoms with Gasteiger partial charge in [-0.3, -0.25) is 0 Å². The summed E-state index contributed by atoms with van der Waals surface area (Å²) in [6, 6.07) is 8.71.